The molecule has 0 aliphatic carbocycles. The van der Waals surface area contributed by atoms with Gasteiger partial charge in [0.05, 0.1) is 10.7 Å². The largest absolute Gasteiger partial charge is 0.383 e. The molecule has 0 heterocycles. The Bertz CT molecular complexity index is 515. The SMILES string of the molecule is Clc1ccc(Cl)c(NCCNCc2ccccc2)c1. The highest BCUT2D eigenvalue weighted by Gasteiger charge is 2.00. The molecule has 2 aromatic rings. The monoisotopic (exact) mass is 294 g/mol. The van der Waals surface area contributed by atoms with Crippen LogP contribution in [0.2, 0.25) is 10.0 Å². The number of anilines is 1. The fourth-order valence-electron chi connectivity index (χ4n) is 1.75. The zero-order chi connectivity index (χ0) is 13.5. The van der Waals surface area contributed by atoms with Crippen molar-refractivity contribution in [1.29, 1.82) is 0 Å². The first-order chi connectivity index (χ1) is 9.25. The Hall–Kier alpha value is -1.22. The molecular weight excluding hydrogens is 279 g/mol. The van der Waals surface area contributed by atoms with Crippen molar-refractivity contribution in [3.05, 3.63) is 64.1 Å². The predicted molar refractivity (Wildman–Crippen MR) is 83.1 cm³/mol. The normalized spacial score (nSPS) is 10.4. The third-order valence-electron chi connectivity index (χ3n) is 2.72. The highest BCUT2D eigenvalue weighted by molar-refractivity contribution is 6.35. The fraction of sp³-hybridized carbons (Fsp3) is 0.200. The molecule has 2 aromatic carbocycles. The van der Waals surface area contributed by atoms with E-state index in [0.717, 1.165) is 25.3 Å². The van der Waals surface area contributed by atoms with Gasteiger partial charge in [-0.05, 0) is 23.8 Å². The molecule has 4 heteroatoms. The summed E-state index contributed by atoms with van der Waals surface area (Å²) in [5.41, 5.74) is 2.15. The molecule has 100 valence electrons. The minimum absolute atomic E-state index is 0.684. The number of hydrogen-bond donors (Lipinski definition) is 2. The minimum atomic E-state index is 0.684. The topological polar surface area (TPSA) is 24.1 Å². The summed E-state index contributed by atoms with van der Waals surface area (Å²) in [6.45, 7) is 2.52. The van der Waals surface area contributed by atoms with Crippen molar-refractivity contribution in [3.63, 3.8) is 0 Å². The highest BCUT2D eigenvalue weighted by Crippen LogP contribution is 2.24. The van der Waals surface area contributed by atoms with Crippen molar-refractivity contribution in [2.24, 2.45) is 0 Å². The highest BCUT2D eigenvalue weighted by atomic mass is 35.5. The van der Waals surface area contributed by atoms with Gasteiger partial charge in [-0.25, -0.2) is 0 Å². The van der Waals surface area contributed by atoms with E-state index in [0.29, 0.717) is 10.0 Å². The molecule has 0 saturated heterocycles. The molecule has 0 saturated carbocycles. The van der Waals surface area contributed by atoms with Crippen molar-refractivity contribution in [3.8, 4) is 0 Å². The van der Waals surface area contributed by atoms with Gasteiger partial charge in [0.2, 0.25) is 0 Å². The summed E-state index contributed by atoms with van der Waals surface area (Å²) in [6, 6.07) is 15.7. The molecule has 0 aromatic heterocycles. The zero-order valence-electron chi connectivity index (χ0n) is 10.5. The maximum Gasteiger partial charge on any atom is 0.0638 e. The quantitative estimate of drug-likeness (QED) is 0.781. The van der Waals surface area contributed by atoms with Gasteiger partial charge >= 0.3 is 0 Å². The van der Waals surface area contributed by atoms with E-state index in [1.165, 1.54) is 5.56 Å². The second kappa shape index (κ2) is 7.39. The lowest BCUT2D eigenvalue weighted by Crippen LogP contribution is -2.21. The third kappa shape index (κ3) is 4.75. The minimum Gasteiger partial charge on any atom is -0.383 e. The zero-order valence-corrected chi connectivity index (χ0v) is 12.0. The van der Waals surface area contributed by atoms with Gasteiger partial charge in [-0.3, -0.25) is 0 Å². The Morgan fingerprint density at radius 1 is 0.895 bits per heavy atom. The summed E-state index contributed by atoms with van der Waals surface area (Å²) in [6.07, 6.45) is 0. The van der Waals surface area contributed by atoms with E-state index < -0.39 is 0 Å². The Balaban J connectivity index is 1.71. The average molecular weight is 295 g/mol. The number of rotatable bonds is 6. The van der Waals surface area contributed by atoms with Crippen LogP contribution in [0.3, 0.4) is 0 Å². The second-order valence-corrected chi connectivity index (χ2v) is 5.06. The Morgan fingerprint density at radius 2 is 1.68 bits per heavy atom. The molecule has 0 radical (unpaired) electrons. The lowest BCUT2D eigenvalue weighted by atomic mass is 10.2. The summed E-state index contributed by atoms with van der Waals surface area (Å²) in [5, 5.41) is 8.00. The van der Waals surface area contributed by atoms with Gasteiger partial charge in [-0.2, -0.15) is 0 Å². The predicted octanol–water partition coefficient (Wildman–Crippen LogP) is 4.20. The number of halogens is 2. The molecule has 0 fully saturated rings. The summed E-state index contributed by atoms with van der Waals surface area (Å²) in [4.78, 5) is 0. The van der Waals surface area contributed by atoms with Gasteiger partial charge in [0, 0.05) is 24.7 Å². The lowest BCUT2D eigenvalue weighted by molar-refractivity contribution is 0.707. The van der Waals surface area contributed by atoms with Crippen LogP contribution in [0.1, 0.15) is 5.56 Å². The fourth-order valence-corrected chi connectivity index (χ4v) is 2.10. The molecular formula is C15H16Cl2N2. The molecule has 0 aliphatic rings. The van der Waals surface area contributed by atoms with Crippen LogP contribution >= 0.6 is 23.2 Å². The Kier molecular flexibility index (Phi) is 5.52. The van der Waals surface area contributed by atoms with Crippen LogP contribution in [0.15, 0.2) is 48.5 Å². The van der Waals surface area contributed by atoms with E-state index in [4.69, 9.17) is 23.2 Å². The van der Waals surface area contributed by atoms with Crippen LogP contribution in [0.5, 0.6) is 0 Å². The molecule has 0 bridgehead atoms. The van der Waals surface area contributed by atoms with Crippen molar-refractivity contribution in [1.82, 2.24) is 5.32 Å². The van der Waals surface area contributed by atoms with Gasteiger partial charge in [0.25, 0.3) is 0 Å². The van der Waals surface area contributed by atoms with E-state index in [2.05, 4.69) is 22.8 Å². The van der Waals surface area contributed by atoms with Crippen molar-refractivity contribution >= 4 is 28.9 Å². The lowest BCUT2D eigenvalue weighted by Gasteiger charge is -2.09. The average Bonchev–Trinajstić information content (AvgIpc) is 2.43. The van der Waals surface area contributed by atoms with E-state index in [9.17, 15) is 0 Å². The Labute approximate surface area is 123 Å². The summed E-state index contributed by atoms with van der Waals surface area (Å²) < 4.78 is 0. The van der Waals surface area contributed by atoms with Gasteiger partial charge in [0.15, 0.2) is 0 Å². The smallest absolute Gasteiger partial charge is 0.0638 e. The van der Waals surface area contributed by atoms with Crippen LogP contribution < -0.4 is 10.6 Å². The molecule has 19 heavy (non-hydrogen) atoms. The summed E-state index contributed by atoms with van der Waals surface area (Å²) in [5.74, 6) is 0. The van der Waals surface area contributed by atoms with Gasteiger partial charge in [-0.15, -0.1) is 0 Å². The van der Waals surface area contributed by atoms with E-state index in [1.807, 2.05) is 24.3 Å². The standard InChI is InChI=1S/C15H16Cl2N2/c16-13-6-7-14(17)15(10-13)19-9-8-18-11-12-4-2-1-3-5-12/h1-7,10,18-19H,8-9,11H2. The van der Waals surface area contributed by atoms with Crippen molar-refractivity contribution in [2.75, 3.05) is 18.4 Å². The first kappa shape index (κ1) is 14.2. The summed E-state index contributed by atoms with van der Waals surface area (Å²) >= 11 is 12.0. The maximum atomic E-state index is 6.06. The summed E-state index contributed by atoms with van der Waals surface area (Å²) in [7, 11) is 0. The number of nitrogens with one attached hydrogen (secondary N) is 2. The van der Waals surface area contributed by atoms with Gasteiger partial charge in [0.1, 0.15) is 0 Å². The van der Waals surface area contributed by atoms with Crippen molar-refractivity contribution < 1.29 is 0 Å². The molecule has 0 spiro atoms. The molecule has 0 aliphatic heterocycles. The molecule has 0 amide bonds. The molecule has 0 unspecified atom stereocenters. The van der Waals surface area contributed by atoms with E-state index in [-0.39, 0.29) is 0 Å². The second-order valence-electron chi connectivity index (χ2n) is 4.21. The molecule has 2 N–H and O–H groups in total. The number of benzene rings is 2. The van der Waals surface area contributed by atoms with Gasteiger partial charge < -0.3 is 10.6 Å². The van der Waals surface area contributed by atoms with E-state index in [1.54, 1.807) is 12.1 Å². The number of hydrogen-bond acceptors (Lipinski definition) is 2. The van der Waals surface area contributed by atoms with E-state index >= 15 is 0 Å². The van der Waals surface area contributed by atoms with Crippen LogP contribution in [-0.2, 0) is 6.54 Å². The first-order valence-electron chi connectivity index (χ1n) is 6.19. The maximum absolute atomic E-state index is 6.06. The third-order valence-corrected chi connectivity index (χ3v) is 3.28. The van der Waals surface area contributed by atoms with Crippen LogP contribution in [0.25, 0.3) is 0 Å². The molecule has 2 rings (SSSR count). The molecule has 2 nitrogen and oxygen atoms in total. The van der Waals surface area contributed by atoms with Crippen molar-refractivity contribution in [2.45, 2.75) is 6.54 Å². The van der Waals surface area contributed by atoms with Gasteiger partial charge in [-0.1, -0.05) is 53.5 Å². The van der Waals surface area contributed by atoms with Crippen LogP contribution in [-0.4, -0.2) is 13.1 Å². The molecule has 0 atom stereocenters. The van der Waals surface area contributed by atoms with Crippen LogP contribution in [0, 0.1) is 0 Å². The first-order valence-corrected chi connectivity index (χ1v) is 6.95. The van der Waals surface area contributed by atoms with Crippen LogP contribution in [0.4, 0.5) is 5.69 Å². The Morgan fingerprint density at radius 3 is 2.47 bits per heavy atom.